The molecule has 6 heteroatoms. The van der Waals surface area contributed by atoms with Crippen molar-refractivity contribution in [2.45, 2.75) is 40.2 Å². The smallest absolute Gasteiger partial charge is 0.265 e. The van der Waals surface area contributed by atoms with Crippen molar-refractivity contribution in [1.82, 2.24) is 5.32 Å². The molecule has 114 valence electrons. The Kier molecular flexibility index (Phi) is 9.28. The Morgan fingerprint density at radius 2 is 2.05 bits per heavy atom. The van der Waals surface area contributed by atoms with Crippen molar-refractivity contribution in [2.24, 2.45) is 15.7 Å². The number of allylic oxidation sites excluding steroid dienone is 1. The van der Waals surface area contributed by atoms with E-state index in [0.717, 1.165) is 6.42 Å². The number of carbonyl (C=O) groups excluding carboxylic acids is 1. The first-order valence-corrected chi connectivity index (χ1v) is 6.75. The normalized spacial score (nSPS) is 15.2. The molecule has 0 bridgehead atoms. The minimum absolute atomic E-state index is 0.0328. The maximum atomic E-state index is 12.0. The van der Waals surface area contributed by atoms with Gasteiger partial charge in [-0.15, -0.1) is 0 Å². The summed E-state index contributed by atoms with van der Waals surface area (Å²) in [4.78, 5) is 20.1. The van der Waals surface area contributed by atoms with Gasteiger partial charge in [0.15, 0.2) is 0 Å². The first-order valence-electron chi connectivity index (χ1n) is 6.75. The molecule has 0 fully saturated rings. The van der Waals surface area contributed by atoms with Gasteiger partial charge in [-0.05, 0) is 34.1 Å². The van der Waals surface area contributed by atoms with Crippen LogP contribution < -0.4 is 11.1 Å². The number of nitrogens with zero attached hydrogens (tertiary/aromatic N) is 2. The summed E-state index contributed by atoms with van der Waals surface area (Å²) < 4.78 is 5.25. The summed E-state index contributed by atoms with van der Waals surface area (Å²) >= 11 is 0. The fraction of sp³-hybridized carbons (Fsp3) is 0.643. The molecular weight excluding hydrogens is 256 g/mol. The third kappa shape index (κ3) is 7.04. The second-order valence-corrected chi connectivity index (χ2v) is 4.42. The Balaban J connectivity index is 4.54. The van der Waals surface area contributed by atoms with Crippen molar-refractivity contribution >= 4 is 17.3 Å². The van der Waals surface area contributed by atoms with Crippen molar-refractivity contribution in [3.05, 3.63) is 11.9 Å². The zero-order valence-corrected chi connectivity index (χ0v) is 13.1. The topological polar surface area (TPSA) is 89.1 Å². The molecule has 6 nitrogen and oxygen atoms in total. The van der Waals surface area contributed by atoms with Crippen LogP contribution in [-0.4, -0.2) is 43.6 Å². The van der Waals surface area contributed by atoms with Crippen molar-refractivity contribution in [3.63, 3.8) is 0 Å². The molecule has 0 saturated carbocycles. The number of hydrogen-bond donors (Lipinski definition) is 2. The van der Waals surface area contributed by atoms with Gasteiger partial charge in [-0.1, -0.05) is 0 Å². The molecule has 0 aromatic heterocycles. The third-order valence-electron chi connectivity index (χ3n) is 2.76. The van der Waals surface area contributed by atoms with Gasteiger partial charge in [0.1, 0.15) is 5.71 Å². The van der Waals surface area contributed by atoms with Crippen LogP contribution >= 0.6 is 0 Å². The van der Waals surface area contributed by atoms with Crippen molar-refractivity contribution in [2.75, 3.05) is 20.3 Å². The quantitative estimate of drug-likeness (QED) is 0.519. The monoisotopic (exact) mass is 282 g/mol. The lowest BCUT2D eigenvalue weighted by molar-refractivity contribution is -0.115. The summed E-state index contributed by atoms with van der Waals surface area (Å²) in [5, 5.41) is 2.87. The predicted octanol–water partition coefficient (Wildman–Crippen LogP) is 1.27. The van der Waals surface area contributed by atoms with Gasteiger partial charge in [0.05, 0.1) is 11.4 Å². The van der Waals surface area contributed by atoms with Crippen LogP contribution in [0.3, 0.4) is 0 Å². The number of ether oxygens (including phenoxy) is 1. The minimum Gasteiger partial charge on any atom is -0.403 e. The predicted molar refractivity (Wildman–Crippen MR) is 83.1 cm³/mol. The Bertz CT molecular complexity index is 400. The standard InChI is InChI=1S/C14H26N4O2/c1-6-20-8-7-10(2)17-14(19)12(4)18-13(9-15)11(3)16-5/h9-10H,6-8,15H2,1-5H3,(H,17,19)/b13-9+,16-11?,18-12?. The molecular formula is C14H26N4O2. The average molecular weight is 282 g/mol. The van der Waals surface area contributed by atoms with Crippen molar-refractivity contribution in [3.8, 4) is 0 Å². The molecule has 0 aromatic rings. The summed E-state index contributed by atoms with van der Waals surface area (Å²) in [5.41, 5.74) is 7.02. The maximum Gasteiger partial charge on any atom is 0.265 e. The molecule has 1 amide bonds. The molecule has 1 atom stereocenters. The molecule has 0 aliphatic rings. The van der Waals surface area contributed by atoms with Gasteiger partial charge in [0.2, 0.25) is 0 Å². The fourth-order valence-corrected chi connectivity index (χ4v) is 1.39. The molecule has 0 rings (SSSR count). The zero-order chi connectivity index (χ0) is 15.5. The van der Waals surface area contributed by atoms with Crippen molar-refractivity contribution < 1.29 is 9.53 Å². The highest BCUT2D eigenvalue weighted by atomic mass is 16.5. The second kappa shape index (κ2) is 10.1. The van der Waals surface area contributed by atoms with Gasteiger partial charge in [-0.3, -0.25) is 9.79 Å². The molecule has 0 spiro atoms. The Labute approximate surface area is 121 Å². The number of nitrogens with two attached hydrogens (primary N) is 1. The molecule has 3 N–H and O–H groups in total. The highest BCUT2D eigenvalue weighted by Gasteiger charge is 2.11. The van der Waals surface area contributed by atoms with Crippen LogP contribution in [0.4, 0.5) is 0 Å². The molecule has 1 unspecified atom stereocenters. The molecule has 20 heavy (non-hydrogen) atoms. The van der Waals surface area contributed by atoms with E-state index in [9.17, 15) is 4.79 Å². The Hall–Kier alpha value is -1.69. The molecule has 0 aliphatic carbocycles. The number of aliphatic imine (C=N–C) groups is 2. The van der Waals surface area contributed by atoms with E-state index in [0.29, 0.717) is 30.3 Å². The number of amides is 1. The third-order valence-corrected chi connectivity index (χ3v) is 2.76. The zero-order valence-electron chi connectivity index (χ0n) is 13.1. The van der Waals surface area contributed by atoms with Gasteiger partial charge >= 0.3 is 0 Å². The van der Waals surface area contributed by atoms with E-state index in [-0.39, 0.29) is 11.9 Å². The lowest BCUT2D eigenvalue weighted by Gasteiger charge is -2.13. The van der Waals surface area contributed by atoms with E-state index in [1.165, 1.54) is 6.20 Å². The van der Waals surface area contributed by atoms with Gasteiger partial charge in [-0.2, -0.15) is 0 Å². The molecule has 0 saturated heterocycles. The lowest BCUT2D eigenvalue weighted by Crippen LogP contribution is -2.37. The molecule has 0 radical (unpaired) electrons. The van der Waals surface area contributed by atoms with E-state index < -0.39 is 0 Å². The first-order chi connectivity index (χ1) is 9.46. The van der Waals surface area contributed by atoms with Crippen LogP contribution in [0.15, 0.2) is 21.9 Å². The van der Waals surface area contributed by atoms with Crippen LogP contribution in [0.1, 0.15) is 34.1 Å². The van der Waals surface area contributed by atoms with Gasteiger partial charge in [0, 0.05) is 32.5 Å². The highest BCUT2D eigenvalue weighted by molar-refractivity contribution is 6.38. The molecule has 0 heterocycles. The van der Waals surface area contributed by atoms with Gasteiger partial charge in [-0.25, -0.2) is 4.99 Å². The van der Waals surface area contributed by atoms with Crippen LogP contribution in [0, 0.1) is 0 Å². The summed E-state index contributed by atoms with van der Waals surface area (Å²) in [6, 6.07) is 0.0328. The fourth-order valence-electron chi connectivity index (χ4n) is 1.39. The summed E-state index contributed by atoms with van der Waals surface area (Å²) in [6.45, 7) is 8.63. The summed E-state index contributed by atoms with van der Waals surface area (Å²) in [6.07, 6.45) is 2.11. The van der Waals surface area contributed by atoms with Crippen LogP contribution in [0.25, 0.3) is 0 Å². The van der Waals surface area contributed by atoms with E-state index in [2.05, 4.69) is 15.3 Å². The summed E-state index contributed by atoms with van der Waals surface area (Å²) in [7, 11) is 1.65. The van der Waals surface area contributed by atoms with Gasteiger partial charge < -0.3 is 15.8 Å². The number of carbonyl (C=O) groups is 1. The second-order valence-electron chi connectivity index (χ2n) is 4.42. The van der Waals surface area contributed by atoms with Crippen LogP contribution in [-0.2, 0) is 9.53 Å². The van der Waals surface area contributed by atoms with E-state index in [1.807, 2.05) is 13.8 Å². The molecule has 0 aromatic carbocycles. The Morgan fingerprint density at radius 3 is 2.55 bits per heavy atom. The van der Waals surface area contributed by atoms with E-state index in [4.69, 9.17) is 10.5 Å². The van der Waals surface area contributed by atoms with Crippen LogP contribution in [0.5, 0.6) is 0 Å². The van der Waals surface area contributed by atoms with E-state index in [1.54, 1.807) is 20.9 Å². The number of hydrogen-bond acceptors (Lipinski definition) is 5. The number of nitrogens with one attached hydrogen (secondary N) is 1. The number of rotatable bonds is 8. The highest BCUT2D eigenvalue weighted by Crippen LogP contribution is 2.00. The molecule has 0 aliphatic heterocycles. The average Bonchev–Trinajstić information content (AvgIpc) is 2.43. The largest absolute Gasteiger partial charge is 0.403 e. The maximum absolute atomic E-state index is 12.0. The van der Waals surface area contributed by atoms with Crippen molar-refractivity contribution in [1.29, 1.82) is 0 Å². The van der Waals surface area contributed by atoms with Crippen LogP contribution in [0.2, 0.25) is 0 Å². The minimum atomic E-state index is -0.211. The summed E-state index contributed by atoms with van der Waals surface area (Å²) in [5.74, 6) is -0.211. The van der Waals surface area contributed by atoms with E-state index >= 15 is 0 Å². The lowest BCUT2D eigenvalue weighted by atomic mass is 10.2. The first kappa shape index (κ1) is 18.3. The Morgan fingerprint density at radius 1 is 1.40 bits per heavy atom. The SMILES string of the molecule is CCOCCC(C)NC(=O)C(C)=N/C(=C/N)C(C)=NC. The van der Waals surface area contributed by atoms with Gasteiger partial charge in [0.25, 0.3) is 5.91 Å².